The molecule has 0 aromatic carbocycles. The molecule has 1 aliphatic rings. The largest absolute Gasteiger partial charge is 0.375 e. The number of hydrogen-bond donors (Lipinski definition) is 0. The summed E-state index contributed by atoms with van der Waals surface area (Å²) in [6.45, 7) is 8.40. The summed E-state index contributed by atoms with van der Waals surface area (Å²) in [4.78, 5) is 12.0. The number of carbonyl (C=O) groups excluding carboxylic acids is 1. The molecule has 1 heterocycles. The molecule has 2 heteroatoms. The normalized spacial score (nSPS) is 35.7. The SMILES string of the molecule is CCCCCC(=O)C1C(C)OC(C)C1C. The summed E-state index contributed by atoms with van der Waals surface area (Å²) in [7, 11) is 0. The molecule has 88 valence electrons. The maximum absolute atomic E-state index is 12.0. The molecular formula is C13H24O2. The number of rotatable bonds is 5. The Morgan fingerprint density at radius 3 is 2.27 bits per heavy atom. The van der Waals surface area contributed by atoms with E-state index in [9.17, 15) is 4.79 Å². The van der Waals surface area contributed by atoms with Gasteiger partial charge in [-0.25, -0.2) is 0 Å². The van der Waals surface area contributed by atoms with Gasteiger partial charge in [-0.2, -0.15) is 0 Å². The first kappa shape index (κ1) is 12.7. The van der Waals surface area contributed by atoms with E-state index < -0.39 is 0 Å². The van der Waals surface area contributed by atoms with Gasteiger partial charge in [-0.1, -0.05) is 26.7 Å². The molecule has 1 rings (SSSR count). The van der Waals surface area contributed by atoms with Crippen LogP contribution in [0.25, 0.3) is 0 Å². The number of Topliss-reactive ketones (excluding diaryl/α,β-unsaturated/α-hetero) is 1. The first-order valence-electron chi connectivity index (χ1n) is 6.26. The number of carbonyl (C=O) groups is 1. The average Bonchev–Trinajstić information content (AvgIpc) is 2.41. The van der Waals surface area contributed by atoms with Gasteiger partial charge in [-0.15, -0.1) is 0 Å². The Kier molecular flexibility index (Phi) is 4.78. The van der Waals surface area contributed by atoms with Crippen LogP contribution in [-0.4, -0.2) is 18.0 Å². The second-order valence-corrected chi connectivity index (χ2v) is 4.85. The van der Waals surface area contributed by atoms with E-state index in [1.54, 1.807) is 0 Å². The standard InChI is InChI=1S/C13H24O2/c1-5-6-7-8-12(14)13-9(2)10(3)15-11(13)4/h9-11,13H,5-8H2,1-4H3. The number of hydrogen-bond acceptors (Lipinski definition) is 2. The zero-order valence-electron chi connectivity index (χ0n) is 10.5. The van der Waals surface area contributed by atoms with E-state index in [-0.39, 0.29) is 18.1 Å². The van der Waals surface area contributed by atoms with Crippen LogP contribution in [0.2, 0.25) is 0 Å². The Morgan fingerprint density at radius 1 is 1.13 bits per heavy atom. The summed E-state index contributed by atoms with van der Waals surface area (Å²) < 4.78 is 5.69. The maximum atomic E-state index is 12.0. The lowest BCUT2D eigenvalue weighted by molar-refractivity contribution is -0.125. The van der Waals surface area contributed by atoms with Crippen molar-refractivity contribution in [1.29, 1.82) is 0 Å². The molecule has 1 saturated heterocycles. The highest BCUT2D eigenvalue weighted by Gasteiger charge is 2.40. The highest BCUT2D eigenvalue weighted by atomic mass is 16.5. The fourth-order valence-electron chi connectivity index (χ4n) is 2.54. The van der Waals surface area contributed by atoms with Crippen molar-refractivity contribution < 1.29 is 9.53 Å². The summed E-state index contributed by atoms with van der Waals surface area (Å²) in [6, 6.07) is 0. The molecule has 0 spiro atoms. The zero-order valence-corrected chi connectivity index (χ0v) is 10.5. The molecule has 15 heavy (non-hydrogen) atoms. The predicted molar refractivity (Wildman–Crippen MR) is 61.8 cm³/mol. The smallest absolute Gasteiger partial charge is 0.138 e. The Hall–Kier alpha value is -0.370. The summed E-state index contributed by atoms with van der Waals surface area (Å²) in [5, 5.41) is 0. The van der Waals surface area contributed by atoms with Crippen molar-refractivity contribution in [3.05, 3.63) is 0 Å². The lowest BCUT2D eigenvalue weighted by atomic mass is 9.84. The van der Waals surface area contributed by atoms with E-state index >= 15 is 0 Å². The highest BCUT2D eigenvalue weighted by molar-refractivity contribution is 5.82. The lowest BCUT2D eigenvalue weighted by Crippen LogP contribution is -2.26. The summed E-state index contributed by atoms with van der Waals surface area (Å²) in [5.41, 5.74) is 0. The Morgan fingerprint density at radius 2 is 1.80 bits per heavy atom. The first-order chi connectivity index (χ1) is 7.07. The second kappa shape index (κ2) is 5.64. The van der Waals surface area contributed by atoms with E-state index in [1.807, 2.05) is 6.92 Å². The van der Waals surface area contributed by atoms with Crippen LogP contribution in [0.1, 0.15) is 53.4 Å². The molecule has 1 fully saturated rings. The van der Waals surface area contributed by atoms with Gasteiger partial charge in [0.25, 0.3) is 0 Å². The topological polar surface area (TPSA) is 26.3 Å². The summed E-state index contributed by atoms with van der Waals surface area (Å²) in [5.74, 6) is 0.929. The van der Waals surface area contributed by atoms with E-state index in [1.165, 1.54) is 6.42 Å². The van der Waals surface area contributed by atoms with Gasteiger partial charge in [0.15, 0.2) is 0 Å². The van der Waals surface area contributed by atoms with Gasteiger partial charge in [-0.05, 0) is 26.2 Å². The van der Waals surface area contributed by atoms with Crippen LogP contribution in [0, 0.1) is 11.8 Å². The highest BCUT2D eigenvalue weighted by Crippen LogP contribution is 2.33. The fourth-order valence-corrected chi connectivity index (χ4v) is 2.54. The van der Waals surface area contributed by atoms with Gasteiger partial charge < -0.3 is 4.74 Å². The van der Waals surface area contributed by atoms with Gasteiger partial charge >= 0.3 is 0 Å². The summed E-state index contributed by atoms with van der Waals surface area (Å²) >= 11 is 0. The van der Waals surface area contributed by atoms with E-state index in [2.05, 4.69) is 20.8 Å². The minimum absolute atomic E-state index is 0.115. The Bertz CT molecular complexity index is 213. The molecule has 0 bridgehead atoms. The fraction of sp³-hybridized carbons (Fsp3) is 0.923. The van der Waals surface area contributed by atoms with Gasteiger partial charge in [0.2, 0.25) is 0 Å². The molecule has 2 nitrogen and oxygen atoms in total. The monoisotopic (exact) mass is 212 g/mol. The molecule has 0 N–H and O–H groups in total. The molecular weight excluding hydrogens is 188 g/mol. The predicted octanol–water partition coefficient (Wildman–Crippen LogP) is 3.20. The third-order valence-electron chi connectivity index (χ3n) is 3.64. The third kappa shape index (κ3) is 3.04. The molecule has 4 unspecified atom stereocenters. The van der Waals surface area contributed by atoms with Crippen molar-refractivity contribution in [1.82, 2.24) is 0 Å². The molecule has 4 atom stereocenters. The van der Waals surface area contributed by atoms with Crippen molar-refractivity contribution in [3.63, 3.8) is 0 Å². The van der Waals surface area contributed by atoms with Crippen molar-refractivity contribution >= 4 is 5.78 Å². The van der Waals surface area contributed by atoms with E-state index in [0.29, 0.717) is 11.7 Å². The van der Waals surface area contributed by atoms with E-state index in [0.717, 1.165) is 19.3 Å². The van der Waals surface area contributed by atoms with Crippen LogP contribution in [-0.2, 0) is 9.53 Å². The molecule has 0 aliphatic carbocycles. The molecule has 0 aromatic rings. The number of ketones is 1. The minimum Gasteiger partial charge on any atom is -0.375 e. The molecule has 0 radical (unpaired) electrons. The van der Waals surface area contributed by atoms with Crippen molar-refractivity contribution in [2.45, 2.75) is 65.6 Å². The molecule has 0 aromatic heterocycles. The van der Waals surface area contributed by atoms with E-state index in [4.69, 9.17) is 4.74 Å². The van der Waals surface area contributed by atoms with Gasteiger partial charge in [-0.3, -0.25) is 4.79 Å². The Balaban J connectivity index is 2.44. The Labute approximate surface area is 93.4 Å². The minimum atomic E-state index is 0.115. The van der Waals surface area contributed by atoms with Crippen LogP contribution in [0.5, 0.6) is 0 Å². The van der Waals surface area contributed by atoms with Crippen LogP contribution in [0.4, 0.5) is 0 Å². The third-order valence-corrected chi connectivity index (χ3v) is 3.64. The van der Waals surface area contributed by atoms with Crippen molar-refractivity contribution in [2.24, 2.45) is 11.8 Å². The van der Waals surface area contributed by atoms with Crippen molar-refractivity contribution in [2.75, 3.05) is 0 Å². The first-order valence-corrected chi connectivity index (χ1v) is 6.26. The average molecular weight is 212 g/mol. The van der Waals surface area contributed by atoms with Crippen LogP contribution in [0.15, 0.2) is 0 Å². The van der Waals surface area contributed by atoms with Crippen LogP contribution >= 0.6 is 0 Å². The summed E-state index contributed by atoms with van der Waals surface area (Å²) in [6.07, 6.45) is 4.47. The molecule has 0 amide bonds. The number of ether oxygens (including phenoxy) is 1. The number of unbranched alkanes of at least 4 members (excludes halogenated alkanes) is 2. The van der Waals surface area contributed by atoms with Gasteiger partial charge in [0.05, 0.1) is 12.2 Å². The zero-order chi connectivity index (χ0) is 11.4. The van der Waals surface area contributed by atoms with Crippen molar-refractivity contribution in [3.8, 4) is 0 Å². The molecule has 0 saturated carbocycles. The van der Waals surface area contributed by atoms with Crippen LogP contribution in [0.3, 0.4) is 0 Å². The van der Waals surface area contributed by atoms with Gasteiger partial charge in [0, 0.05) is 12.3 Å². The quantitative estimate of drug-likeness (QED) is 0.654. The lowest BCUT2D eigenvalue weighted by Gasteiger charge is -2.16. The second-order valence-electron chi connectivity index (χ2n) is 4.85. The maximum Gasteiger partial charge on any atom is 0.138 e. The van der Waals surface area contributed by atoms with Gasteiger partial charge in [0.1, 0.15) is 5.78 Å². The van der Waals surface area contributed by atoms with Crippen LogP contribution < -0.4 is 0 Å². The molecule has 1 aliphatic heterocycles.